The summed E-state index contributed by atoms with van der Waals surface area (Å²) < 4.78 is 12.5. The molecule has 5 heteroatoms. The van der Waals surface area contributed by atoms with E-state index >= 15 is 0 Å². The van der Waals surface area contributed by atoms with Gasteiger partial charge < -0.3 is 0 Å². The van der Waals surface area contributed by atoms with Crippen LogP contribution in [0.5, 0.6) is 0 Å². The first-order valence-electron chi connectivity index (χ1n) is 3.25. The van der Waals surface area contributed by atoms with E-state index in [0.29, 0.717) is 5.69 Å². The number of hydrogen-bond acceptors (Lipinski definition) is 4. The molecule has 0 N–H and O–H groups in total. The van der Waals surface area contributed by atoms with Gasteiger partial charge in [-0.25, -0.2) is 0 Å². The number of aromatic nitrogens is 3. The van der Waals surface area contributed by atoms with E-state index in [1.807, 2.05) is 17.5 Å². The third-order valence-corrected chi connectivity index (χ3v) is 2.20. The summed E-state index contributed by atoms with van der Waals surface area (Å²) in [4.78, 5) is 4.48. The highest BCUT2D eigenvalue weighted by molar-refractivity contribution is 7.13. The van der Waals surface area contributed by atoms with Crippen LogP contribution in [0.3, 0.4) is 0 Å². The lowest BCUT2D eigenvalue weighted by Gasteiger charge is -1.92. The molecule has 12 heavy (non-hydrogen) atoms. The van der Waals surface area contributed by atoms with Gasteiger partial charge in [0.25, 0.3) is 0 Å². The van der Waals surface area contributed by atoms with Crippen molar-refractivity contribution in [3.8, 4) is 10.6 Å². The topological polar surface area (TPSA) is 38.7 Å². The van der Waals surface area contributed by atoms with Gasteiger partial charge in [0, 0.05) is 0 Å². The van der Waals surface area contributed by atoms with Crippen molar-refractivity contribution in [1.29, 1.82) is 0 Å². The van der Waals surface area contributed by atoms with Gasteiger partial charge >= 0.3 is 6.08 Å². The number of hydrogen-bond donors (Lipinski definition) is 0. The Morgan fingerprint density at radius 3 is 3.00 bits per heavy atom. The third kappa shape index (κ3) is 1.31. The molecule has 0 saturated carbocycles. The van der Waals surface area contributed by atoms with Gasteiger partial charge in [0.15, 0.2) is 0 Å². The van der Waals surface area contributed by atoms with Crippen LogP contribution in [0, 0.1) is 6.08 Å². The summed E-state index contributed by atoms with van der Waals surface area (Å²) in [5.41, 5.74) is 0.525. The second kappa shape index (κ2) is 2.94. The van der Waals surface area contributed by atoms with Crippen molar-refractivity contribution in [2.45, 2.75) is 0 Å². The van der Waals surface area contributed by atoms with Crippen molar-refractivity contribution in [1.82, 2.24) is 15.2 Å². The minimum absolute atomic E-state index is 0.525. The summed E-state index contributed by atoms with van der Waals surface area (Å²) >= 11 is 1.49. The fourth-order valence-corrected chi connectivity index (χ4v) is 1.50. The molecule has 3 nitrogen and oxygen atoms in total. The van der Waals surface area contributed by atoms with Gasteiger partial charge in [0.1, 0.15) is 5.69 Å². The molecule has 0 atom stereocenters. The van der Waals surface area contributed by atoms with Crippen LogP contribution in [0.1, 0.15) is 0 Å². The van der Waals surface area contributed by atoms with E-state index in [1.54, 1.807) is 0 Å². The zero-order chi connectivity index (χ0) is 8.39. The first-order chi connectivity index (χ1) is 5.86. The molecule has 2 rings (SSSR count). The molecule has 2 aromatic rings. The maximum atomic E-state index is 12.5. The molecule has 0 aromatic carbocycles. The van der Waals surface area contributed by atoms with Gasteiger partial charge in [0.05, 0.1) is 11.1 Å². The van der Waals surface area contributed by atoms with Gasteiger partial charge in [0.2, 0.25) is 0 Å². The summed E-state index contributed by atoms with van der Waals surface area (Å²) in [5, 5.41) is 8.48. The molecule has 0 aliphatic rings. The zero-order valence-corrected chi connectivity index (χ0v) is 6.75. The van der Waals surface area contributed by atoms with Crippen LogP contribution in [0.25, 0.3) is 10.6 Å². The van der Waals surface area contributed by atoms with Crippen LogP contribution in [0.2, 0.25) is 0 Å². The molecule has 0 aliphatic heterocycles. The number of nitrogens with zero attached hydrogens (tertiary/aromatic N) is 3. The third-order valence-electron chi connectivity index (χ3n) is 1.31. The Bertz CT molecular complexity index is 374. The fourth-order valence-electron chi connectivity index (χ4n) is 0.825. The van der Waals surface area contributed by atoms with Crippen LogP contribution >= 0.6 is 11.3 Å². The smallest absolute Gasteiger partial charge is 0.198 e. The Balaban J connectivity index is 2.48. The van der Waals surface area contributed by atoms with Crippen molar-refractivity contribution in [3.05, 3.63) is 29.8 Å². The molecule has 0 amide bonds. The summed E-state index contributed by atoms with van der Waals surface area (Å²) in [7, 11) is 0. The van der Waals surface area contributed by atoms with Gasteiger partial charge in [-0.15, -0.1) is 11.3 Å². The van der Waals surface area contributed by atoms with Crippen LogP contribution in [0.4, 0.5) is 4.39 Å². The lowest BCUT2D eigenvalue weighted by Crippen LogP contribution is -1.92. The predicted molar refractivity (Wildman–Crippen MR) is 43.1 cm³/mol. The van der Waals surface area contributed by atoms with E-state index in [9.17, 15) is 4.39 Å². The number of thiophene rings is 1. The van der Waals surface area contributed by atoms with Crippen molar-refractivity contribution in [2.75, 3.05) is 0 Å². The van der Waals surface area contributed by atoms with Gasteiger partial charge in [-0.05, 0) is 11.4 Å². The van der Waals surface area contributed by atoms with E-state index in [4.69, 9.17) is 0 Å². The van der Waals surface area contributed by atoms with Gasteiger partial charge in [-0.1, -0.05) is 11.2 Å². The predicted octanol–water partition coefficient (Wildman–Crippen LogP) is 1.74. The number of rotatable bonds is 1. The van der Waals surface area contributed by atoms with Crippen molar-refractivity contribution >= 4 is 11.3 Å². The highest BCUT2D eigenvalue weighted by Gasteiger charge is 2.02. The van der Waals surface area contributed by atoms with E-state index in [2.05, 4.69) is 15.2 Å². The monoisotopic (exact) mass is 181 g/mol. The Labute approximate surface area is 71.9 Å². The lowest BCUT2D eigenvalue weighted by atomic mass is 10.4. The highest BCUT2D eigenvalue weighted by atomic mass is 32.1. The van der Waals surface area contributed by atoms with Crippen LogP contribution in [-0.2, 0) is 0 Å². The van der Waals surface area contributed by atoms with E-state index < -0.39 is 6.08 Å². The maximum absolute atomic E-state index is 12.5. The second-order valence-electron chi connectivity index (χ2n) is 2.09. The highest BCUT2D eigenvalue weighted by Crippen LogP contribution is 2.20. The Hall–Kier alpha value is -1.36. The van der Waals surface area contributed by atoms with Crippen molar-refractivity contribution in [2.24, 2.45) is 0 Å². The molecule has 0 saturated heterocycles. The molecule has 0 aliphatic carbocycles. The normalized spacial score (nSPS) is 10.1. The van der Waals surface area contributed by atoms with Crippen LogP contribution < -0.4 is 0 Å². The summed E-state index contributed by atoms with van der Waals surface area (Å²) in [6, 6.07) is 3.73. The average Bonchev–Trinajstić information content (AvgIpc) is 2.56. The van der Waals surface area contributed by atoms with Crippen molar-refractivity contribution in [3.63, 3.8) is 0 Å². The summed E-state index contributed by atoms with van der Waals surface area (Å²) in [6.45, 7) is 0. The number of halogens is 1. The first-order valence-corrected chi connectivity index (χ1v) is 4.13. The molecule has 0 bridgehead atoms. The molecule has 2 heterocycles. The zero-order valence-electron chi connectivity index (χ0n) is 5.94. The second-order valence-corrected chi connectivity index (χ2v) is 3.04. The van der Waals surface area contributed by atoms with Crippen molar-refractivity contribution < 1.29 is 4.39 Å². The first kappa shape index (κ1) is 7.30. The molecular formula is C7H4FN3S. The average molecular weight is 181 g/mol. The Morgan fingerprint density at radius 2 is 2.33 bits per heavy atom. The summed E-state index contributed by atoms with van der Waals surface area (Å²) in [6.07, 6.45) is 0.649. The molecular weight excluding hydrogens is 177 g/mol. The molecule has 0 spiro atoms. The van der Waals surface area contributed by atoms with Gasteiger partial charge in [-0.3, -0.25) is 0 Å². The van der Waals surface area contributed by atoms with E-state index in [1.165, 1.54) is 17.5 Å². The Kier molecular flexibility index (Phi) is 1.79. The van der Waals surface area contributed by atoms with Crippen LogP contribution in [-0.4, -0.2) is 15.2 Å². The molecule has 0 radical (unpaired) electrons. The molecule has 2 aromatic heterocycles. The largest absolute Gasteiger partial charge is 0.327 e. The minimum atomic E-state index is -0.791. The summed E-state index contributed by atoms with van der Waals surface area (Å²) in [5.74, 6) is 0. The molecule has 0 fully saturated rings. The quantitative estimate of drug-likeness (QED) is 0.672. The van der Waals surface area contributed by atoms with Gasteiger partial charge in [-0.2, -0.15) is 14.5 Å². The van der Waals surface area contributed by atoms with E-state index in [-0.39, 0.29) is 0 Å². The maximum Gasteiger partial charge on any atom is 0.327 e. The molecule has 60 valence electrons. The standard InChI is InChI=1S/C7H4FN3S/c8-7-10-5(4-9-11-7)6-2-1-3-12-6/h1-4H. The minimum Gasteiger partial charge on any atom is -0.198 e. The molecule has 0 unspecified atom stereocenters. The lowest BCUT2D eigenvalue weighted by molar-refractivity contribution is 0.520. The SMILES string of the molecule is Fc1nncc(-c2cccs2)n1. The van der Waals surface area contributed by atoms with E-state index in [0.717, 1.165) is 4.88 Å². The Morgan fingerprint density at radius 1 is 1.42 bits per heavy atom. The fraction of sp³-hybridized carbons (Fsp3) is 0. The van der Waals surface area contributed by atoms with Crippen LogP contribution in [0.15, 0.2) is 23.7 Å².